The van der Waals surface area contributed by atoms with E-state index in [-0.39, 0.29) is 60.7 Å². The molecule has 18 aromatic carbocycles. The number of hydrogen-bond acceptors (Lipinski definition) is 5. The van der Waals surface area contributed by atoms with E-state index in [2.05, 4.69) is 193 Å². The molecule has 7 heterocycles. The van der Waals surface area contributed by atoms with Crippen LogP contribution >= 0.6 is 0 Å². The second-order valence-electron chi connectivity index (χ2n) is 31.1. The van der Waals surface area contributed by atoms with Gasteiger partial charge in [0.05, 0.1) is 60.5 Å². The van der Waals surface area contributed by atoms with Crippen molar-refractivity contribution in [3.63, 3.8) is 0 Å². The average molecular weight is 1520 g/mol. The Bertz CT molecular complexity index is 8630. The summed E-state index contributed by atoms with van der Waals surface area (Å²) >= 11 is 0. The summed E-state index contributed by atoms with van der Waals surface area (Å²) in [4.78, 5) is 2.26. The first-order valence-corrected chi connectivity index (χ1v) is 39.4. The van der Waals surface area contributed by atoms with Crippen LogP contribution in [0.3, 0.4) is 0 Å². The molecule has 2 spiro atoms. The van der Waals surface area contributed by atoms with Crippen LogP contribution in [0, 0.1) is 0 Å². The Hall–Kier alpha value is -15.4. The van der Waals surface area contributed by atoms with E-state index >= 15 is 0 Å². The van der Waals surface area contributed by atoms with E-state index in [0.717, 1.165) is 94.2 Å². The fraction of sp³-hybridized carbons (Fsp3) is 0.0182. The maximum Gasteiger partial charge on any atom is 0.256 e. The first kappa shape index (κ1) is 50.7. The maximum absolute atomic E-state index is 10.1. The number of furan rings is 1. The highest BCUT2D eigenvalue weighted by Gasteiger charge is 2.54. The average Bonchev–Trinajstić information content (AvgIpc) is 1.46. The van der Waals surface area contributed by atoms with E-state index < -0.39 is 114 Å². The molecule has 4 aliphatic heterocycles. The molecule has 0 unspecified atom stereocenters. The summed E-state index contributed by atoms with van der Waals surface area (Å²) in [5, 5.41) is 1.28. The molecule has 0 fully saturated rings. The van der Waals surface area contributed by atoms with Crippen molar-refractivity contribution in [3.8, 4) is 102 Å². The molecule has 0 radical (unpaired) electrons. The van der Waals surface area contributed by atoms with Crippen molar-refractivity contribution in [2.24, 2.45) is 0 Å². The molecule has 8 heteroatoms. The van der Waals surface area contributed by atoms with Gasteiger partial charge in [-0.3, -0.25) is 0 Å². The summed E-state index contributed by atoms with van der Waals surface area (Å²) in [6, 6.07) is 90.7. The van der Waals surface area contributed by atoms with Crippen LogP contribution < -0.4 is 35.5 Å². The fourth-order valence-electron chi connectivity index (χ4n) is 21.0. The fourth-order valence-corrected chi connectivity index (χ4v) is 21.0. The largest absolute Gasteiger partial charge is 0.458 e. The third-order valence-electron chi connectivity index (χ3n) is 25.6. The highest BCUT2D eigenvalue weighted by Crippen LogP contribution is 2.66. The highest BCUT2D eigenvalue weighted by atomic mass is 16.5. The first-order valence-electron chi connectivity index (χ1n) is 47.4. The molecule has 546 valence electrons. The minimum Gasteiger partial charge on any atom is -0.458 e. The minimum atomic E-state index is -0.954. The van der Waals surface area contributed by atoms with Crippen molar-refractivity contribution in [3.05, 3.63) is 432 Å². The van der Waals surface area contributed by atoms with Crippen LogP contribution in [0.25, 0.3) is 133 Å². The summed E-state index contributed by atoms with van der Waals surface area (Å²) in [5.41, 5.74) is 19.8. The molecule has 0 amide bonds. The molecule has 6 aliphatic rings. The number of benzene rings is 18. The number of ether oxygens (including phenoxy) is 3. The number of aromatic nitrogens is 2. The van der Waals surface area contributed by atoms with Gasteiger partial charge in [-0.1, -0.05) is 273 Å². The Morgan fingerprint density at radius 3 is 1.22 bits per heavy atom. The lowest BCUT2D eigenvalue weighted by Crippen LogP contribution is -2.59. The Labute approximate surface area is 701 Å². The molecule has 7 nitrogen and oxygen atoms in total. The predicted molar refractivity (Wildman–Crippen MR) is 479 cm³/mol. The molecule has 0 saturated carbocycles. The molecule has 0 atom stereocenters. The summed E-state index contributed by atoms with van der Waals surface area (Å²) < 4.78 is 183. The number of nitrogens with zero attached hydrogens (tertiary/aromatic N) is 3. The predicted octanol–water partition coefficient (Wildman–Crippen LogP) is 26.1. The van der Waals surface area contributed by atoms with Crippen LogP contribution in [-0.2, 0) is 10.8 Å². The maximum atomic E-state index is 10.1. The lowest BCUT2D eigenvalue weighted by atomic mass is 9.34. The number of rotatable bonds is 6. The third-order valence-corrected chi connectivity index (χ3v) is 25.6. The molecule has 21 aromatic rings. The van der Waals surface area contributed by atoms with Gasteiger partial charge in [-0.05, 0) is 192 Å². The molecule has 0 N–H and O–H groups in total. The molecule has 3 aromatic heterocycles. The Morgan fingerprint density at radius 1 is 0.263 bits per heavy atom. The van der Waals surface area contributed by atoms with Gasteiger partial charge < -0.3 is 32.7 Å². The lowest BCUT2D eigenvalue weighted by molar-refractivity contribution is 0.436. The standard InChI is InChI=1S/C110H64BN3O4/c1-10-35-83-73(24-1)74-25-2-11-36-84(74)109(83)87-39-14-21-46-101(87)116-103-56-49-66(59-89(103)109)71-33-23-34-72(67-50-57-104-90(60-67)110(88-40-15-22-47-102(88)117-104)85-37-12-3-26-75(85)76-27-4-13-38-86(76)110)108(71)114-97-63-69(112-93-41-16-5-28-77(93)78-29-6-17-42-94(78)112)51-53-91(97)111-92-54-52-70(113-95-43-18-7-30-79(95)80-31-8-19-44-96(80)113)64-105(92)118-106-62-68(61-98(114)107(106)111)65-48-55-100-82(58-65)81-32-9-20-45-99(81)115-100/h1-64H/i5D,6D,7D,8D,16D,17D,18D,19D,28D,29D,30D,31D,41D,42D,43D,44D. The molecular formula is C110H64BN3O4. The Balaban J connectivity index is 0.800. The van der Waals surface area contributed by atoms with Gasteiger partial charge in [-0.25, -0.2) is 0 Å². The number of hydrogen-bond donors (Lipinski definition) is 0. The molecule has 118 heavy (non-hydrogen) atoms. The number of anilines is 3. The zero-order valence-corrected chi connectivity index (χ0v) is 62.3. The summed E-state index contributed by atoms with van der Waals surface area (Å²) in [7, 11) is 0. The summed E-state index contributed by atoms with van der Waals surface area (Å²) in [5.74, 6) is 3.33. The van der Waals surface area contributed by atoms with Crippen LogP contribution in [-0.4, -0.2) is 15.8 Å². The van der Waals surface area contributed by atoms with Gasteiger partial charge in [-0.15, -0.1) is 0 Å². The van der Waals surface area contributed by atoms with Crippen molar-refractivity contribution < 1.29 is 40.6 Å². The smallest absolute Gasteiger partial charge is 0.256 e. The monoisotopic (exact) mass is 1520 g/mol. The lowest BCUT2D eigenvalue weighted by Gasteiger charge is -2.42. The van der Waals surface area contributed by atoms with Crippen molar-refractivity contribution in [1.82, 2.24) is 9.13 Å². The van der Waals surface area contributed by atoms with Crippen LogP contribution in [0.4, 0.5) is 17.1 Å². The number of fused-ring (bicyclic) bond motifs is 31. The Kier molecular flexibility index (Phi) is 10.2. The summed E-state index contributed by atoms with van der Waals surface area (Å²) in [6.07, 6.45) is 0. The van der Waals surface area contributed by atoms with Gasteiger partial charge in [0, 0.05) is 94.5 Å². The van der Waals surface area contributed by atoms with Gasteiger partial charge in [-0.2, -0.15) is 0 Å². The second kappa shape index (κ2) is 23.6. The number of para-hydroxylation sites is 8. The zero-order chi connectivity index (χ0) is 90.7. The quantitative estimate of drug-likeness (QED) is 0.155. The van der Waals surface area contributed by atoms with E-state index in [1.165, 1.54) is 4.57 Å². The molecule has 2 aliphatic carbocycles. The van der Waals surface area contributed by atoms with Crippen molar-refractivity contribution in [2.45, 2.75) is 10.8 Å². The van der Waals surface area contributed by atoms with Crippen LogP contribution in [0.15, 0.2) is 392 Å². The molecule has 0 bridgehead atoms. The van der Waals surface area contributed by atoms with Crippen LogP contribution in [0.5, 0.6) is 34.5 Å². The van der Waals surface area contributed by atoms with Gasteiger partial charge in [0.15, 0.2) is 0 Å². The second-order valence-corrected chi connectivity index (χ2v) is 31.1. The van der Waals surface area contributed by atoms with E-state index in [0.29, 0.717) is 90.1 Å². The van der Waals surface area contributed by atoms with E-state index in [9.17, 15) is 16.4 Å². The van der Waals surface area contributed by atoms with Gasteiger partial charge in [0.25, 0.3) is 6.71 Å². The van der Waals surface area contributed by atoms with Crippen molar-refractivity contribution >= 4 is 106 Å². The minimum absolute atomic E-state index is 0.0880. The highest BCUT2D eigenvalue weighted by molar-refractivity contribution is 6.99. The third kappa shape index (κ3) is 8.41. The van der Waals surface area contributed by atoms with Crippen molar-refractivity contribution in [2.75, 3.05) is 4.90 Å². The van der Waals surface area contributed by atoms with Crippen molar-refractivity contribution in [1.29, 1.82) is 0 Å². The van der Waals surface area contributed by atoms with E-state index in [4.69, 9.17) is 24.1 Å². The molecule has 27 rings (SSSR count). The topological polar surface area (TPSA) is 53.9 Å². The van der Waals surface area contributed by atoms with Crippen LogP contribution in [0.2, 0.25) is 0 Å². The van der Waals surface area contributed by atoms with Gasteiger partial charge in [0.2, 0.25) is 0 Å². The summed E-state index contributed by atoms with van der Waals surface area (Å²) in [6.45, 7) is -0.852. The van der Waals surface area contributed by atoms with E-state index in [1.807, 2.05) is 91.0 Å². The van der Waals surface area contributed by atoms with E-state index in [1.54, 1.807) is 16.7 Å². The zero-order valence-electron chi connectivity index (χ0n) is 78.3. The SMILES string of the molecule is [2H]c1c([2H])c([2H])c2c(c1[2H])c1c([2H])c([2H])c([2H])c([2H])c1n2-c1ccc2c(c1)Oc1cc(-c3ccc4oc5ccccc5c4c3)cc3c1B2c1ccc(-n2c4c([2H])c([2H])c([2H])c([2H])c4c4c([2H])c([2H])c([2H])c([2H])c42)cc1N3c1c(-c2ccc3c(c2)C2(c4ccccc4O3)c3ccccc3-c3ccccc32)cccc1-c1ccc2c(c1)C1(c3ccccc3O2)c2ccccc2-c2ccccc21. The first-order chi connectivity index (χ1) is 65.1. The van der Waals surface area contributed by atoms with Gasteiger partial charge >= 0.3 is 0 Å². The van der Waals surface area contributed by atoms with Crippen LogP contribution in [0.1, 0.15) is 66.4 Å². The molecular weight excluding hydrogens is 1440 g/mol. The van der Waals surface area contributed by atoms with Gasteiger partial charge in [0.1, 0.15) is 45.7 Å². The molecule has 0 saturated heterocycles. The normalized spacial score (nSPS) is 16.0. The Morgan fingerprint density at radius 2 is 0.686 bits per heavy atom.